The third-order valence-corrected chi connectivity index (χ3v) is 5.96. The highest BCUT2D eigenvalue weighted by atomic mass is 16.5. The van der Waals surface area contributed by atoms with Gasteiger partial charge < -0.3 is 10.1 Å². The van der Waals surface area contributed by atoms with E-state index >= 15 is 0 Å². The Morgan fingerprint density at radius 1 is 1.16 bits per heavy atom. The summed E-state index contributed by atoms with van der Waals surface area (Å²) in [5, 5.41) is 7.88. The van der Waals surface area contributed by atoms with E-state index in [9.17, 15) is 9.59 Å². The summed E-state index contributed by atoms with van der Waals surface area (Å²) >= 11 is 0. The molecule has 31 heavy (non-hydrogen) atoms. The van der Waals surface area contributed by atoms with Gasteiger partial charge in [0.1, 0.15) is 5.82 Å². The molecule has 2 heterocycles. The minimum absolute atomic E-state index is 0.151. The SMILES string of the molecule is CC[C@@H](C)n1nccc1NC(=O)[C@@H](C)OC(=O)c1c2c(nc3ccccc13)CCCC2. The normalized spacial score (nSPS) is 15.2. The lowest BCUT2D eigenvalue weighted by atomic mass is 9.90. The standard InChI is InChI=1S/C24H28N4O3/c1-4-15(2)28-21(13-14-25-28)27-23(29)16(3)31-24(30)22-17-9-5-7-11-19(17)26-20-12-8-6-10-18(20)22/h5,7,9,11,13-16H,4,6,8,10,12H2,1-3H3,(H,27,29)/t15-,16-/m1/s1. The minimum Gasteiger partial charge on any atom is -0.449 e. The molecule has 0 spiro atoms. The molecule has 162 valence electrons. The summed E-state index contributed by atoms with van der Waals surface area (Å²) in [6.45, 7) is 5.68. The molecular weight excluding hydrogens is 392 g/mol. The highest BCUT2D eigenvalue weighted by Crippen LogP contribution is 2.30. The summed E-state index contributed by atoms with van der Waals surface area (Å²) in [7, 11) is 0. The van der Waals surface area contributed by atoms with Crippen LogP contribution in [0.15, 0.2) is 36.5 Å². The lowest BCUT2D eigenvalue weighted by molar-refractivity contribution is -0.123. The van der Waals surface area contributed by atoms with Gasteiger partial charge >= 0.3 is 5.97 Å². The third kappa shape index (κ3) is 4.17. The van der Waals surface area contributed by atoms with Gasteiger partial charge in [0.25, 0.3) is 5.91 Å². The number of carbonyl (C=O) groups is 2. The molecule has 3 aromatic rings. The van der Waals surface area contributed by atoms with Gasteiger partial charge in [-0.25, -0.2) is 9.48 Å². The minimum atomic E-state index is -0.945. The molecule has 4 rings (SSSR count). The largest absolute Gasteiger partial charge is 0.449 e. The third-order valence-electron chi connectivity index (χ3n) is 5.96. The number of para-hydroxylation sites is 1. The van der Waals surface area contributed by atoms with Crippen molar-refractivity contribution in [2.45, 2.75) is 65.0 Å². The number of benzene rings is 1. The second kappa shape index (κ2) is 8.88. The Hall–Kier alpha value is -3.22. The second-order valence-electron chi connectivity index (χ2n) is 8.09. The van der Waals surface area contributed by atoms with E-state index in [0.717, 1.165) is 54.3 Å². The molecule has 0 fully saturated rings. The van der Waals surface area contributed by atoms with Crippen molar-refractivity contribution in [2.24, 2.45) is 0 Å². The van der Waals surface area contributed by atoms with Crippen molar-refractivity contribution in [3.05, 3.63) is 53.3 Å². The van der Waals surface area contributed by atoms with Crippen LogP contribution in [-0.4, -0.2) is 32.7 Å². The van der Waals surface area contributed by atoms with E-state index in [-0.39, 0.29) is 11.9 Å². The first-order valence-electron chi connectivity index (χ1n) is 11.0. The molecule has 0 saturated carbocycles. The van der Waals surface area contributed by atoms with Crippen molar-refractivity contribution in [3.63, 3.8) is 0 Å². The molecule has 0 bridgehead atoms. The number of rotatable bonds is 6. The lowest BCUT2D eigenvalue weighted by Gasteiger charge is -2.21. The van der Waals surface area contributed by atoms with Crippen LogP contribution in [0.2, 0.25) is 0 Å². The highest BCUT2D eigenvalue weighted by Gasteiger charge is 2.27. The summed E-state index contributed by atoms with van der Waals surface area (Å²) in [6, 6.07) is 9.50. The van der Waals surface area contributed by atoms with Gasteiger partial charge in [0.05, 0.1) is 23.3 Å². The fraction of sp³-hybridized carbons (Fsp3) is 0.417. The topological polar surface area (TPSA) is 86.1 Å². The van der Waals surface area contributed by atoms with Crippen LogP contribution in [-0.2, 0) is 22.4 Å². The van der Waals surface area contributed by atoms with Gasteiger partial charge in [-0.1, -0.05) is 25.1 Å². The average Bonchev–Trinajstić information content (AvgIpc) is 3.24. The maximum absolute atomic E-state index is 13.2. The molecule has 2 aromatic heterocycles. The summed E-state index contributed by atoms with van der Waals surface area (Å²) in [6.07, 6.45) is 5.32. The van der Waals surface area contributed by atoms with Gasteiger partial charge in [-0.05, 0) is 57.6 Å². The first-order chi connectivity index (χ1) is 15.0. The quantitative estimate of drug-likeness (QED) is 0.595. The van der Waals surface area contributed by atoms with Crippen LogP contribution in [0.4, 0.5) is 5.82 Å². The van der Waals surface area contributed by atoms with Gasteiger partial charge in [0.2, 0.25) is 0 Å². The van der Waals surface area contributed by atoms with Crippen molar-refractivity contribution in [2.75, 3.05) is 5.32 Å². The molecule has 0 aliphatic heterocycles. The number of amides is 1. The Bertz CT molecular complexity index is 1120. The van der Waals surface area contributed by atoms with Gasteiger partial charge in [-0.2, -0.15) is 5.10 Å². The maximum atomic E-state index is 13.2. The fourth-order valence-corrected chi connectivity index (χ4v) is 4.04. The number of aryl methyl sites for hydroxylation is 1. The monoisotopic (exact) mass is 420 g/mol. The molecule has 0 saturated heterocycles. The number of nitrogens with zero attached hydrogens (tertiary/aromatic N) is 3. The zero-order valence-corrected chi connectivity index (χ0v) is 18.2. The number of carbonyl (C=O) groups excluding carboxylic acids is 2. The number of anilines is 1. The van der Waals surface area contributed by atoms with Crippen LogP contribution in [0.5, 0.6) is 0 Å². The Balaban J connectivity index is 1.57. The molecule has 7 heteroatoms. The Kier molecular flexibility index (Phi) is 6.02. The van der Waals surface area contributed by atoms with E-state index in [1.807, 2.05) is 31.2 Å². The molecule has 0 unspecified atom stereocenters. The fourth-order valence-electron chi connectivity index (χ4n) is 4.04. The molecular formula is C24H28N4O3. The Morgan fingerprint density at radius 3 is 2.74 bits per heavy atom. The zero-order chi connectivity index (χ0) is 22.0. The molecule has 2 atom stereocenters. The number of fused-ring (bicyclic) bond motifs is 2. The van der Waals surface area contributed by atoms with E-state index in [1.54, 1.807) is 23.9 Å². The summed E-state index contributed by atoms with van der Waals surface area (Å²) in [5.41, 5.74) is 3.25. The van der Waals surface area contributed by atoms with Crippen LogP contribution < -0.4 is 5.32 Å². The molecule has 1 aromatic carbocycles. The number of hydrogen-bond acceptors (Lipinski definition) is 5. The van der Waals surface area contributed by atoms with Crippen molar-refractivity contribution in [3.8, 4) is 0 Å². The number of hydrogen-bond donors (Lipinski definition) is 1. The summed E-state index contributed by atoms with van der Waals surface area (Å²) < 4.78 is 7.40. The first-order valence-corrected chi connectivity index (χ1v) is 11.0. The van der Waals surface area contributed by atoms with Gasteiger partial charge in [-0.15, -0.1) is 0 Å². The van der Waals surface area contributed by atoms with E-state index in [1.165, 1.54) is 0 Å². The molecule has 1 amide bonds. The molecule has 1 N–H and O–H groups in total. The number of aromatic nitrogens is 3. The van der Waals surface area contributed by atoms with E-state index in [2.05, 4.69) is 17.3 Å². The average molecular weight is 421 g/mol. The van der Waals surface area contributed by atoms with E-state index in [4.69, 9.17) is 9.72 Å². The van der Waals surface area contributed by atoms with E-state index in [0.29, 0.717) is 11.4 Å². The summed E-state index contributed by atoms with van der Waals surface area (Å²) in [4.78, 5) is 30.7. The molecule has 0 radical (unpaired) electrons. The number of ether oxygens (including phenoxy) is 1. The Labute approximate surface area is 181 Å². The Morgan fingerprint density at radius 2 is 1.94 bits per heavy atom. The summed E-state index contributed by atoms with van der Waals surface area (Å²) in [5.74, 6) is -0.269. The van der Waals surface area contributed by atoms with Crippen LogP contribution >= 0.6 is 0 Å². The molecule has 7 nitrogen and oxygen atoms in total. The van der Waals surface area contributed by atoms with Crippen molar-refractivity contribution in [1.82, 2.24) is 14.8 Å². The molecule has 1 aliphatic carbocycles. The second-order valence-corrected chi connectivity index (χ2v) is 8.09. The van der Waals surface area contributed by atoms with Crippen molar-refractivity contribution >= 4 is 28.6 Å². The zero-order valence-electron chi connectivity index (χ0n) is 18.2. The number of nitrogens with one attached hydrogen (secondary N) is 1. The lowest BCUT2D eigenvalue weighted by Crippen LogP contribution is -2.31. The van der Waals surface area contributed by atoms with Gasteiger partial charge in [-0.3, -0.25) is 9.78 Å². The predicted molar refractivity (Wildman–Crippen MR) is 119 cm³/mol. The van der Waals surface area contributed by atoms with Gasteiger partial charge in [0.15, 0.2) is 6.10 Å². The van der Waals surface area contributed by atoms with Crippen LogP contribution in [0.1, 0.15) is 67.7 Å². The van der Waals surface area contributed by atoms with Crippen LogP contribution in [0.3, 0.4) is 0 Å². The van der Waals surface area contributed by atoms with E-state index < -0.39 is 12.1 Å². The highest BCUT2D eigenvalue weighted by molar-refractivity contribution is 6.06. The van der Waals surface area contributed by atoms with Gasteiger partial charge in [0, 0.05) is 17.1 Å². The maximum Gasteiger partial charge on any atom is 0.339 e. The first kappa shape index (κ1) is 21.0. The van der Waals surface area contributed by atoms with Crippen LogP contribution in [0, 0.1) is 0 Å². The molecule has 1 aliphatic rings. The number of esters is 1. The smallest absolute Gasteiger partial charge is 0.339 e. The van der Waals surface area contributed by atoms with Crippen molar-refractivity contribution in [1.29, 1.82) is 0 Å². The van der Waals surface area contributed by atoms with Crippen LogP contribution in [0.25, 0.3) is 10.9 Å². The number of pyridine rings is 1. The predicted octanol–water partition coefficient (Wildman–Crippen LogP) is 4.47. The van der Waals surface area contributed by atoms with Crippen molar-refractivity contribution < 1.29 is 14.3 Å².